The minimum Gasteiger partial charge on any atom is -0.365 e. The SMILES string of the molecule is Cc1c(F)c(NC2CC3CCC2CC3)nc(-c2c[nH]c3ncncc23)c1C#N. The highest BCUT2D eigenvalue weighted by Gasteiger charge is 2.36. The van der Waals surface area contributed by atoms with E-state index < -0.39 is 5.82 Å². The molecular formula is C21H21FN6. The number of halogens is 1. The third-order valence-electron chi connectivity index (χ3n) is 6.46. The molecule has 1 unspecified atom stereocenters. The Labute approximate surface area is 162 Å². The molecule has 6 rings (SSSR count). The highest BCUT2D eigenvalue weighted by Crippen LogP contribution is 2.43. The van der Waals surface area contributed by atoms with E-state index in [0.717, 1.165) is 17.7 Å². The molecule has 6 nitrogen and oxygen atoms in total. The van der Waals surface area contributed by atoms with Crippen molar-refractivity contribution in [2.75, 3.05) is 5.32 Å². The van der Waals surface area contributed by atoms with Gasteiger partial charge in [0.2, 0.25) is 0 Å². The summed E-state index contributed by atoms with van der Waals surface area (Å²) in [6, 6.07) is 2.38. The Morgan fingerprint density at radius 3 is 2.82 bits per heavy atom. The fourth-order valence-corrected chi connectivity index (χ4v) is 4.90. The van der Waals surface area contributed by atoms with Crippen molar-refractivity contribution in [3.8, 4) is 17.3 Å². The maximum atomic E-state index is 15.1. The van der Waals surface area contributed by atoms with Crippen LogP contribution < -0.4 is 5.32 Å². The molecule has 3 aliphatic carbocycles. The van der Waals surface area contributed by atoms with Gasteiger partial charge in [0.05, 0.1) is 11.3 Å². The second-order valence-electron chi connectivity index (χ2n) is 7.99. The molecule has 7 heteroatoms. The lowest BCUT2D eigenvalue weighted by Gasteiger charge is -2.42. The lowest BCUT2D eigenvalue weighted by molar-refractivity contribution is 0.157. The number of aromatic amines is 1. The van der Waals surface area contributed by atoms with Crippen LogP contribution in [0.25, 0.3) is 22.3 Å². The average Bonchev–Trinajstić information content (AvgIpc) is 3.16. The molecule has 2 N–H and O–H groups in total. The van der Waals surface area contributed by atoms with Gasteiger partial charge in [0.25, 0.3) is 0 Å². The van der Waals surface area contributed by atoms with E-state index in [1.165, 1.54) is 32.0 Å². The number of nitriles is 1. The lowest BCUT2D eigenvalue weighted by atomic mass is 9.68. The highest BCUT2D eigenvalue weighted by atomic mass is 19.1. The molecule has 3 aromatic rings. The van der Waals surface area contributed by atoms with Gasteiger partial charge in [0.1, 0.15) is 18.0 Å². The number of nitrogens with one attached hydrogen (secondary N) is 2. The Morgan fingerprint density at radius 1 is 1.29 bits per heavy atom. The van der Waals surface area contributed by atoms with Crippen molar-refractivity contribution in [1.82, 2.24) is 19.9 Å². The molecule has 1 atom stereocenters. The van der Waals surface area contributed by atoms with Gasteiger partial charge in [-0.1, -0.05) is 12.8 Å². The highest BCUT2D eigenvalue weighted by molar-refractivity contribution is 5.93. The zero-order chi connectivity index (χ0) is 19.3. The number of anilines is 1. The molecule has 3 saturated carbocycles. The fourth-order valence-electron chi connectivity index (χ4n) is 4.90. The van der Waals surface area contributed by atoms with Gasteiger partial charge in [0, 0.05) is 34.9 Å². The van der Waals surface area contributed by atoms with Crippen LogP contribution in [-0.4, -0.2) is 26.0 Å². The van der Waals surface area contributed by atoms with E-state index >= 15 is 4.39 Å². The van der Waals surface area contributed by atoms with Crippen LogP contribution in [0.4, 0.5) is 10.2 Å². The molecule has 0 radical (unpaired) electrons. The normalized spacial score (nSPS) is 23.7. The predicted octanol–water partition coefficient (Wildman–Crippen LogP) is 4.33. The maximum Gasteiger partial charge on any atom is 0.169 e. The molecule has 0 spiro atoms. The molecule has 3 heterocycles. The van der Waals surface area contributed by atoms with Gasteiger partial charge in [-0.15, -0.1) is 0 Å². The summed E-state index contributed by atoms with van der Waals surface area (Å²) in [6.45, 7) is 1.64. The monoisotopic (exact) mass is 376 g/mol. The van der Waals surface area contributed by atoms with Crippen LogP contribution in [0.3, 0.4) is 0 Å². The number of aromatic nitrogens is 4. The van der Waals surface area contributed by atoms with Gasteiger partial charge < -0.3 is 10.3 Å². The lowest BCUT2D eigenvalue weighted by Crippen LogP contribution is -2.40. The van der Waals surface area contributed by atoms with Crippen molar-refractivity contribution in [2.24, 2.45) is 11.8 Å². The van der Waals surface area contributed by atoms with Crippen LogP contribution in [-0.2, 0) is 0 Å². The average molecular weight is 376 g/mol. The standard InChI is InChI=1S/C21H21FN6/c1-11-14(7-23)19(15-9-25-20-16(15)8-24-10-26-20)28-21(18(11)22)27-17-6-12-2-4-13(17)5-3-12/h8-10,12-13,17H,2-6H2,1H3,(H,27,28)(H,24,25,26). The van der Waals surface area contributed by atoms with Gasteiger partial charge in [-0.2, -0.15) is 5.26 Å². The first-order valence-corrected chi connectivity index (χ1v) is 9.80. The molecular weight excluding hydrogens is 355 g/mol. The van der Waals surface area contributed by atoms with E-state index in [1.807, 2.05) is 0 Å². The predicted molar refractivity (Wildman–Crippen MR) is 104 cm³/mol. The minimum atomic E-state index is -0.433. The second kappa shape index (κ2) is 6.55. The fraction of sp³-hybridized carbons (Fsp3) is 0.429. The van der Waals surface area contributed by atoms with Gasteiger partial charge in [-0.05, 0) is 38.0 Å². The molecule has 3 fully saturated rings. The first-order chi connectivity index (χ1) is 13.7. The van der Waals surface area contributed by atoms with Crippen molar-refractivity contribution >= 4 is 16.9 Å². The number of nitrogens with zero attached hydrogens (tertiary/aromatic N) is 4. The number of hydrogen-bond donors (Lipinski definition) is 2. The van der Waals surface area contributed by atoms with Crippen LogP contribution >= 0.6 is 0 Å². The largest absolute Gasteiger partial charge is 0.365 e. The molecule has 0 saturated heterocycles. The summed E-state index contributed by atoms with van der Waals surface area (Å²) in [4.78, 5) is 15.9. The summed E-state index contributed by atoms with van der Waals surface area (Å²) in [5, 5.41) is 13.8. The molecule has 142 valence electrons. The Kier molecular flexibility index (Phi) is 4.00. The van der Waals surface area contributed by atoms with Crippen molar-refractivity contribution in [3.63, 3.8) is 0 Å². The van der Waals surface area contributed by atoms with E-state index in [4.69, 9.17) is 0 Å². The Bertz CT molecular complexity index is 1090. The van der Waals surface area contributed by atoms with E-state index in [0.29, 0.717) is 28.4 Å². The number of hydrogen-bond acceptors (Lipinski definition) is 5. The molecule has 0 aromatic carbocycles. The zero-order valence-electron chi connectivity index (χ0n) is 15.7. The third-order valence-corrected chi connectivity index (χ3v) is 6.46. The molecule has 0 aliphatic heterocycles. The molecule has 28 heavy (non-hydrogen) atoms. The van der Waals surface area contributed by atoms with E-state index in [2.05, 4.69) is 31.3 Å². The summed E-state index contributed by atoms with van der Waals surface area (Å²) in [6.07, 6.45) is 10.9. The van der Waals surface area contributed by atoms with Crippen molar-refractivity contribution in [3.05, 3.63) is 35.7 Å². The van der Waals surface area contributed by atoms with E-state index in [9.17, 15) is 5.26 Å². The van der Waals surface area contributed by atoms with Gasteiger partial charge >= 0.3 is 0 Å². The van der Waals surface area contributed by atoms with Gasteiger partial charge in [0.15, 0.2) is 11.6 Å². The van der Waals surface area contributed by atoms with E-state index in [1.54, 1.807) is 19.3 Å². The summed E-state index contributed by atoms with van der Waals surface area (Å²) in [7, 11) is 0. The first-order valence-electron chi connectivity index (χ1n) is 9.80. The number of fused-ring (bicyclic) bond motifs is 4. The number of rotatable bonds is 3. The second-order valence-corrected chi connectivity index (χ2v) is 7.99. The maximum absolute atomic E-state index is 15.1. The first kappa shape index (κ1) is 17.1. The third kappa shape index (κ3) is 2.63. The van der Waals surface area contributed by atoms with E-state index in [-0.39, 0.29) is 17.4 Å². The molecule has 2 bridgehead atoms. The summed E-state index contributed by atoms with van der Waals surface area (Å²) >= 11 is 0. The van der Waals surface area contributed by atoms with Gasteiger partial charge in [-0.3, -0.25) is 0 Å². The summed E-state index contributed by atoms with van der Waals surface area (Å²) < 4.78 is 15.1. The van der Waals surface area contributed by atoms with Crippen LogP contribution in [0.1, 0.15) is 43.2 Å². The molecule has 3 aromatic heterocycles. The van der Waals surface area contributed by atoms with Crippen molar-refractivity contribution in [2.45, 2.75) is 45.1 Å². The van der Waals surface area contributed by atoms with Gasteiger partial charge in [-0.25, -0.2) is 19.3 Å². The van der Waals surface area contributed by atoms with Crippen LogP contribution in [0.2, 0.25) is 0 Å². The van der Waals surface area contributed by atoms with Crippen LogP contribution in [0, 0.1) is 35.9 Å². The van der Waals surface area contributed by atoms with Crippen LogP contribution in [0.5, 0.6) is 0 Å². The number of pyridine rings is 1. The van der Waals surface area contributed by atoms with Crippen LogP contribution in [0.15, 0.2) is 18.7 Å². The Hall–Kier alpha value is -3.01. The minimum absolute atomic E-state index is 0.246. The zero-order valence-corrected chi connectivity index (χ0v) is 15.7. The molecule has 3 aliphatic rings. The summed E-state index contributed by atoms with van der Waals surface area (Å²) in [5.74, 6) is 1.12. The number of H-pyrrole nitrogens is 1. The Balaban J connectivity index is 1.60. The summed E-state index contributed by atoms with van der Waals surface area (Å²) in [5.41, 5.74) is 2.41. The quantitative estimate of drug-likeness (QED) is 0.710. The van der Waals surface area contributed by atoms with Crippen molar-refractivity contribution in [1.29, 1.82) is 5.26 Å². The molecule has 0 amide bonds. The Morgan fingerprint density at radius 2 is 2.11 bits per heavy atom. The van der Waals surface area contributed by atoms with Crippen molar-refractivity contribution < 1.29 is 4.39 Å². The smallest absolute Gasteiger partial charge is 0.169 e. The topological polar surface area (TPSA) is 90.3 Å².